The quantitative estimate of drug-likeness (QED) is 0.710. The van der Waals surface area contributed by atoms with Gasteiger partial charge in [-0.2, -0.15) is 0 Å². The number of hydrogen-bond donors (Lipinski definition) is 0. The van der Waals surface area contributed by atoms with E-state index >= 15 is 0 Å². The fourth-order valence-electron chi connectivity index (χ4n) is 1.05. The molecule has 0 aliphatic rings. The van der Waals surface area contributed by atoms with Gasteiger partial charge in [0.15, 0.2) is 5.78 Å². The smallest absolute Gasteiger partial charge is 0.154 e. The predicted molar refractivity (Wildman–Crippen MR) is 55.6 cm³/mol. The van der Waals surface area contributed by atoms with Crippen molar-refractivity contribution in [3.05, 3.63) is 34.9 Å². The molecule has 1 aromatic rings. The third-order valence-corrected chi connectivity index (χ3v) is 2.50. The molecular weight excluding hydrogens is 207 g/mol. The lowest BCUT2D eigenvalue weighted by atomic mass is 9.98. The second-order valence-electron chi connectivity index (χ2n) is 2.87. The minimum Gasteiger partial charge on any atom is -0.298 e. The SMILES string of the molecule is CC(C(=O)CCl)c1ccc(Cl)cc1. The van der Waals surface area contributed by atoms with Crippen molar-refractivity contribution in [3.63, 3.8) is 0 Å². The number of carbonyl (C=O) groups is 1. The normalized spacial score (nSPS) is 12.5. The Balaban J connectivity index is 2.83. The average Bonchev–Trinajstić information content (AvgIpc) is 2.17. The minimum absolute atomic E-state index is 0.0315. The Morgan fingerprint density at radius 1 is 1.38 bits per heavy atom. The van der Waals surface area contributed by atoms with Crippen LogP contribution in [0.1, 0.15) is 18.4 Å². The average molecular weight is 217 g/mol. The largest absolute Gasteiger partial charge is 0.298 e. The molecule has 1 aromatic carbocycles. The fraction of sp³-hybridized carbons (Fsp3) is 0.300. The number of halogens is 2. The maximum Gasteiger partial charge on any atom is 0.154 e. The molecule has 0 saturated carbocycles. The summed E-state index contributed by atoms with van der Waals surface area (Å²) in [6, 6.07) is 7.23. The van der Waals surface area contributed by atoms with E-state index < -0.39 is 0 Å². The highest BCUT2D eigenvalue weighted by molar-refractivity contribution is 6.30. The van der Waals surface area contributed by atoms with Crippen LogP contribution < -0.4 is 0 Å². The summed E-state index contributed by atoms with van der Waals surface area (Å²) in [7, 11) is 0. The van der Waals surface area contributed by atoms with Gasteiger partial charge in [-0.15, -0.1) is 11.6 Å². The van der Waals surface area contributed by atoms with E-state index in [1.54, 1.807) is 12.1 Å². The van der Waals surface area contributed by atoms with Gasteiger partial charge in [0.25, 0.3) is 0 Å². The van der Waals surface area contributed by atoms with Gasteiger partial charge in [0.05, 0.1) is 5.88 Å². The van der Waals surface area contributed by atoms with Crippen molar-refractivity contribution in [1.82, 2.24) is 0 Å². The third kappa shape index (κ3) is 2.71. The summed E-state index contributed by atoms with van der Waals surface area (Å²) in [4.78, 5) is 11.2. The molecule has 0 aromatic heterocycles. The van der Waals surface area contributed by atoms with E-state index in [-0.39, 0.29) is 17.6 Å². The van der Waals surface area contributed by atoms with Gasteiger partial charge in [-0.3, -0.25) is 4.79 Å². The lowest BCUT2D eigenvalue weighted by Gasteiger charge is -2.08. The first kappa shape index (κ1) is 10.6. The Bertz CT molecular complexity index is 292. The molecule has 0 fully saturated rings. The minimum atomic E-state index is -0.144. The Morgan fingerprint density at radius 3 is 2.38 bits per heavy atom. The monoisotopic (exact) mass is 216 g/mol. The Labute approximate surface area is 87.7 Å². The Kier molecular flexibility index (Phi) is 3.76. The van der Waals surface area contributed by atoms with Crippen LogP contribution in [-0.2, 0) is 4.79 Å². The molecule has 0 saturated heterocycles. The summed E-state index contributed by atoms with van der Waals surface area (Å²) < 4.78 is 0. The topological polar surface area (TPSA) is 17.1 Å². The van der Waals surface area contributed by atoms with Gasteiger partial charge >= 0.3 is 0 Å². The van der Waals surface area contributed by atoms with Gasteiger partial charge in [-0.05, 0) is 17.7 Å². The van der Waals surface area contributed by atoms with Gasteiger partial charge in [-0.25, -0.2) is 0 Å². The highest BCUT2D eigenvalue weighted by atomic mass is 35.5. The second kappa shape index (κ2) is 4.64. The molecule has 0 spiro atoms. The van der Waals surface area contributed by atoms with Crippen LogP contribution in [0, 0.1) is 0 Å². The van der Waals surface area contributed by atoms with Crippen molar-refractivity contribution in [2.45, 2.75) is 12.8 Å². The van der Waals surface area contributed by atoms with Crippen molar-refractivity contribution >= 4 is 29.0 Å². The van der Waals surface area contributed by atoms with Crippen LogP contribution in [0.2, 0.25) is 5.02 Å². The number of hydrogen-bond acceptors (Lipinski definition) is 1. The number of ketones is 1. The van der Waals surface area contributed by atoms with E-state index in [0.717, 1.165) is 5.56 Å². The molecule has 0 amide bonds. The van der Waals surface area contributed by atoms with E-state index in [2.05, 4.69) is 0 Å². The molecule has 0 aliphatic carbocycles. The Hall–Kier alpha value is -0.530. The van der Waals surface area contributed by atoms with E-state index in [0.29, 0.717) is 5.02 Å². The van der Waals surface area contributed by atoms with Gasteiger partial charge < -0.3 is 0 Å². The van der Waals surface area contributed by atoms with Crippen LogP contribution in [0.4, 0.5) is 0 Å². The van der Waals surface area contributed by atoms with Gasteiger partial charge in [0.2, 0.25) is 0 Å². The Morgan fingerprint density at radius 2 is 1.92 bits per heavy atom. The highest BCUT2D eigenvalue weighted by Gasteiger charge is 2.13. The lowest BCUT2D eigenvalue weighted by molar-refractivity contribution is -0.117. The van der Waals surface area contributed by atoms with E-state index in [1.807, 2.05) is 19.1 Å². The van der Waals surface area contributed by atoms with Crippen LogP contribution in [0.5, 0.6) is 0 Å². The number of alkyl halides is 1. The van der Waals surface area contributed by atoms with E-state index in [9.17, 15) is 4.79 Å². The van der Waals surface area contributed by atoms with Crippen molar-refractivity contribution in [1.29, 1.82) is 0 Å². The van der Waals surface area contributed by atoms with Crippen molar-refractivity contribution in [2.24, 2.45) is 0 Å². The number of carbonyl (C=O) groups excluding carboxylic acids is 1. The first-order chi connectivity index (χ1) is 6.15. The first-order valence-electron chi connectivity index (χ1n) is 3.99. The number of Topliss-reactive ketones (excluding diaryl/α,β-unsaturated/α-hetero) is 1. The molecule has 3 heteroatoms. The van der Waals surface area contributed by atoms with Crippen LogP contribution in [0.15, 0.2) is 24.3 Å². The summed E-state index contributed by atoms with van der Waals surface area (Å²) in [5.74, 6) is -0.0529. The zero-order chi connectivity index (χ0) is 9.84. The molecule has 0 aliphatic heterocycles. The summed E-state index contributed by atoms with van der Waals surface area (Å²) in [6.07, 6.45) is 0. The van der Waals surface area contributed by atoms with Crippen molar-refractivity contribution < 1.29 is 4.79 Å². The predicted octanol–water partition coefficient (Wildman–Crippen LogP) is 3.25. The molecule has 1 rings (SSSR count). The molecule has 0 N–H and O–H groups in total. The molecule has 1 nitrogen and oxygen atoms in total. The first-order valence-corrected chi connectivity index (χ1v) is 4.90. The third-order valence-electron chi connectivity index (χ3n) is 1.98. The summed E-state index contributed by atoms with van der Waals surface area (Å²) in [5.41, 5.74) is 0.954. The maximum atomic E-state index is 11.2. The van der Waals surface area contributed by atoms with Gasteiger partial charge in [0, 0.05) is 10.9 Å². The maximum absolute atomic E-state index is 11.2. The van der Waals surface area contributed by atoms with E-state index in [1.165, 1.54) is 0 Å². The number of benzene rings is 1. The summed E-state index contributed by atoms with van der Waals surface area (Å²) in [6.45, 7) is 1.84. The van der Waals surface area contributed by atoms with Crippen LogP contribution in [-0.4, -0.2) is 11.7 Å². The standard InChI is InChI=1S/C10H10Cl2O/c1-7(10(13)6-11)8-2-4-9(12)5-3-8/h2-5,7H,6H2,1H3. The van der Waals surface area contributed by atoms with Crippen LogP contribution in [0.25, 0.3) is 0 Å². The zero-order valence-corrected chi connectivity index (χ0v) is 8.77. The molecular formula is C10H10Cl2O. The second-order valence-corrected chi connectivity index (χ2v) is 3.58. The van der Waals surface area contributed by atoms with Crippen molar-refractivity contribution in [3.8, 4) is 0 Å². The molecule has 13 heavy (non-hydrogen) atoms. The molecule has 1 atom stereocenters. The van der Waals surface area contributed by atoms with Gasteiger partial charge in [-0.1, -0.05) is 30.7 Å². The molecule has 0 heterocycles. The summed E-state index contributed by atoms with van der Waals surface area (Å²) >= 11 is 11.2. The lowest BCUT2D eigenvalue weighted by Crippen LogP contribution is -2.09. The zero-order valence-electron chi connectivity index (χ0n) is 7.26. The van der Waals surface area contributed by atoms with Crippen LogP contribution in [0.3, 0.4) is 0 Å². The number of rotatable bonds is 3. The molecule has 1 unspecified atom stereocenters. The van der Waals surface area contributed by atoms with Gasteiger partial charge in [0.1, 0.15) is 0 Å². The van der Waals surface area contributed by atoms with Crippen LogP contribution >= 0.6 is 23.2 Å². The molecule has 0 bridgehead atoms. The molecule has 0 radical (unpaired) electrons. The summed E-state index contributed by atoms with van der Waals surface area (Å²) in [5, 5.41) is 0.675. The van der Waals surface area contributed by atoms with E-state index in [4.69, 9.17) is 23.2 Å². The fourth-order valence-corrected chi connectivity index (χ4v) is 1.41. The van der Waals surface area contributed by atoms with Crippen molar-refractivity contribution in [2.75, 3.05) is 5.88 Å². The molecule has 70 valence electrons. The highest BCUT2D eigenvalue weighted by Crippen LogP contribution is 2.19.